The van der Waals surface area contributed by atoms with Crippen molar-refractivity contribution in [1.29, 1.82) is 0 Å². The van der Waals surface area contributed by atoms with Gasteiger partial charge in [-0.3, -0.25) is 4.79 Å². The van der Waals surface area contributed by atoms with Crippen LogP contribution in [0, 0.1) is 5.92 Å². The van der Waals surface area contributed by atoms with Crippen LogP contribution in [0.15, 0.2) is 12.1 Å². The average Bonchev–Trinajstić information content (AvgIpc) is 2.60. The summed E-state index contributed by atoms with van der Waals surface area (Å²) >= 11 is 10.4. The number of alkyl halides is 1. The number of rotatable bonds is 4. The van der Waals surface area contributed by atoms with E-state index in [9.17, 15) is 4.79 Å². The van der Waals surface area contributed by atoms with Crippen LogP contribution in [-0.4, -0.2) is 17.8 Å². The van der Waals surface area contributed by atoms with E-state index >= 15 is 0 Å². The highest BCUT2D eigenvalue weighted by molar-refractivity contribution is 9.09. The molecular weight excluding hydrogens is 286 g/mol. The first-order valence-electron chi connectivity index (χ1n) is 4.23. The second-order valence-electron chi connectivity index (χ2n) is 3.07. The molecule has 0 aliphatic rings. The normalized spacial score (nSPS) is 12.5. The summed E-state index contributed by atoms with van der Waals surface area (Å²) < 4.78 is 0.642. The first kappa shape index (κ1) is 12.0. The molecule has 1 atom stereocenters. The Morgan fingerprint density at radius 3 is 2.93 bits per heavy atom. The van der Waals surface area contributed by atoms with Crippen molar-refractivity contribution in [3.63, 3.8) is 0 Å². The third-order valence-electron chi connectivity index (χ3n) is 1.67. The van der Waals surface area contributed by atoms with E-state index in [4.69, 9.17) is 11.6 Å². The molecule has 0 fully saturated rings. The molecule has 0 saturated heterocycles. The van der Waals surface area contributed by atoms with Crippen molar-refractivity contribution < 1.29 is 4.79 Å². The number of hydrogen-bond donors (Lipinski definition) is 1. The molecule has 5 heteroatoms. The highest BCUT2D eigenvalue weighted by Gasteiger charge is 2.09. The number of carbonyl (C=O) groups is 1. The van der Waals surface area contributed by atoms with E-state index in [1.165, 1.54) is 11.3 Å². The number of halogens is 2. The molecule has 1 amide bonds. The van der Waals surface area contributed by atoms with E-state index in [1.807, 2.05) is 0 Å². The first-order valence-corrected chi connectivity index (χ1v) is 6.54. The molecule has 1 N–H and O–H groups in total. The summed E-state index contributed by atoms with van der Waals surface area (Å²) in [5.41, 5.74) is 0. The highest BCUT2D eigenvalue weighted by Crippen LogP contribution is 2.21. The van der Waals surface area contributed by atoms with Crippen LogP contribution in [0.3, 0.4) is 0 Å². The zero-order chi connectivity index (χ0) is 10.6. The summed E-state index contributed by atoms with van der Waals surface area (Å²) in [7, 11) is 0. The van der Waals surface area contributed by atoms with Crippen LogP contribution in [0.4, 0.5) is 0 Å². The van der Waals surface area contributed by atoms with Crippen LogP contribution in [0.25, 0.3) is 0 Å². The molecule has 1 aromatic rings. The third kappa shape index (κ3) is 3.59. The fraction of sp³-hybridized carbons (Fsp3) is 0.444. The minimum absolute atomic E-state index is 0.0466. The molecule has 0 aliphatic carbocycles. The van der Waals surface area contributed by atoms with Gasteiger partial charge in [-0.1, -0.05) is 34.5 Å². The fourth-order valence-corrected chi connectivity index (χ4v) is 2.03. The van der Waals surface area contributed by atoms with Gasteiger partial charge in [-0.15, -0.1) is 11.3 Å². The quantitative estimate of drug-likeness (QED) is 0.850. The van der Waals surface area contributed by atoms with Crippen LogP contribution >= 0.6 is 38.9 Å². The van der Waals surface area contributed by atoms with Crippen molar-refractivity contribution in [1.82, 2.24) is 5.32 Å². The summed E-state index contributed by atoms with van der Waals surface area (Å²) in [5.74, 6) is 0.393. The van der Waals surface area contributed by atoms with Gasteiger partial charge in [0.15, 0.2) is 0 Å². The van der Waals surface area contributed by atoms with Crippen molar-refractivity contribution in [3.8, 4) is 0 Å². The Labute approximate surface area is 101 Å². The molecule has 0 spiro atoms. The molecule has 1 heterocycles. The van der Waals surface area contributed by atoms with Crippen molar-refractivity contribution in [2.24, 2.45) is 5.92 Å². The smallest absolute Gasteiger partial charge is 0.261 e. The minimum Gasteiger partial charge on any atom is -0.351 e. The molecule has 2 nitrogen and oxygen atoms in total. The third-order valence-corrected chi connectivity index (χ3v) is 4.01. The summed E-state index contributed by atoms with van der Waals surface area (Å²) in [4.78, 5) is 12.2. The largest absolute Gasteiger partial charge is 0.351 e. The van der Waals surface area contributed by atoms with Gasteiger partial charge in [0.1, 0.15) is 0 Å². The summed E-state index contributed by atoms with van der Waals surface area (Å²) in [6.45, 7) is 2.75. The predicted molar refractivity (Wildman–Crippen MR) is 64.6 cm³/mol. The Morgan fingerprint density at radius 1 is 1.71 bits per heavy atom. The Hall–Kier alpha value is -0.0600. The standard InChI is InChI=1S/C9H11BrClNOS/c1-6(4-10)5-12-9(13)7-2-3-8(11)14-7/h2-3,6H,4-5H2,1H3,(H,12,13). The van der Waals surface area contributed by atoms with E-state index in [2.05, 4.69) is 28.2 Å². The molecule has 1 unspecified atom stereocenters. The van der Waals surface area contributed by atoms with E-state index < -0.39 is 0 Å². The monoisotopic (exact) mass is 295 g/mol. The first-order chi connectivity index (χ1) is 6.63. The van der Waals surface area contributed by atoms with Gasteiger partial charge in [0, 0.05) is 11.9 Å². The lowest BCUT2D eigenvalue weighted by molar-refractivity contribution is 0.0953. The number of amides is 1. The van der Waals surface area contributed by atoms with Crippen molar-refractivity contribution in [2.45, 2.75) is 6.92 Å². The number of hydrogen-bond acceptors (Lipinski definition) is 2. The van der Waals surface area contributed by atoms with Crippen LogP contribution in [0.2, 0.25) is 4.34 Å². The minimum atomic E-state index is -0.0466. The molecule has 14 heavy (non-hydrogen) atoms. The van der Waals surface area contributed by atoms with Gasteiger partial charge < -0.3 is 5.32 Å². The number of nitrogens with one attached hydrogen (secondary N) is 1. The lowest BCUT2D eigenvalue weighted by atomic mass is 10.2. The summed E-state index contributed by atoms with van der Waals surface area (Å²) in [6.07, 6.45) is 0. The number of carbonyl (C=O) groups excluding carboxylic acids is 1. The van der Waals surface area contributed by atoms with Crippen molar-refractivity contribution >= 4 is 44.8 Å². The Kier molecular flexibility index (Phi) is 4.92. The van der Waals surface area contributed by atoms with E-state index in [1.54, 1.807) is 12.1 Å². The predicted octanol–water partition coefficient (Wildman–Crippen LogP) is 3.16. The molecule has 0 saturated carbocycles. The van der Waals surface area contributed by atoms with Gasteiger partial charge in [0.25, 0.3) is 5.91 Å². The molecule has 0 aromatic carbocycles. The molecule has 1 rings (SSSR count). The molecule has 0 aliphatic heterocycles. The van der Waals surface area contributed by atoms with Crippen LogP contribution in [0.5, 0.6) is 0 Å². The Morgan fingerprint density at radius 2 is 2.43 bits per heavy atom. The second kappa shape index (κ2) is 5.73. The van der Waals surface area contributed by atoms with E-state index in [-0.39, 0.29) is 5.91 Å². The molecule has 0 radical (unpaired) electrons. The maximum absolute atomic E-state index is 11.5. The van der Waals surface area contributed by atoms with Gasteiger partial charge in [-0.25, -0.2) is 0 Å². The zero-order valence-electron chi connectivity index (χ0n) is 7.72. The van der Waals surface area contributed by atoms with E-state index in [0.717, 1.165) is 5.33 Å². The van der Waals surface area contributed by atoms with Gasteiger partial charge in [-0.05, 0) is 18.1 Å². The maximum atomic E-state index is 11.5. The van der Waals surface area contributed by atoms with Gasteiger partial charge >= 0.3 is 0 Å². The Bertz CT molecular complexity index is 316. The van der Waals surface area contributed by atoms with Crippen LogP contribution < -0.4 is 5.32 Å². The summed E-state index contributed by atoms with van der Waals surface area (Å²) in [6, 6.07) is 3.47. The second-order valence-corrected chi connectivity index (χ2v) is 5.44. The lowest BCUT2D eigenvalue weighted by Gasteiger charge is -2.07. The fourth-order valence-electron chi connectivity index (χ4n) is 0.845. The summed E-state index contributed by atoms with van der Waals surface area (Å²) in [5, 5.41) is 3.73. The number of thiophene rings is 1. The zero-order valence-corrected chi connectivity index (χ0v) is 10.9. The molecular formula is C9H11BrClNOS. The van der Waals surface area contributed by atoms with Crippen molar-refractivity contribution in [3.05, 3.63) is 21.3 Å². The molecule has 78 valence electrons. The van der Waals surface area contributed by atoms with Gasteiger partial charge in [-0.2, -0.15) is 0 Å². The van der Waals surface area contributed by atoms with Crippen LogP contribution in [-0.2, 0) is 0 Å². The molecule has 0 bridgehead atoms. The SMILES string of the molecule is CC(CBr)CNC(=O)c1ccc(Cl)s1. The topological polar surface area (TPSA) is 29.1 Å². The maximum Gasteiger partial charge on any atom is 0.261 e. The Balaban J connectivity index is 2.43. The van der Waals surface area contributed by atoms with E-state index in [0.29, 0.717) is 21.7 Å². The highest BCUT2D eigenvalue weighted by atomic mass is 79.9. The molecule has 1 aromatic heterocycles. The van der Waals surface area contributed by atoms with Crippen molar-refractivity contribution in [2.75, 3.05) is 11.9 Å². The average molecular weight is 297 g/mol. The van der Waals surface area contributed by atoms with Gasteiger partial charge in [0.2, 0.25) is 0 Å². The lowest BCUT2D eigenvalue weighted by Crippen LogP contribution is -2.28. The van der Waals surface area contributed by atoms with Gasteiger partial charge in [0.05, 0.1) is 9.21 Å². The van der Waals surface area contributed by atoms with Crippen LogP contribution in [0.1, 0.15) is 16.6 Å².